The Bertz CT molecular complexity index is 201. The molecule has 2 unspecified atom stereocenters. The second-order valence-corrected chi connectivity index (χ2v) is 4.17. The van der Waals surface area contributed by atoms with Crippen LogP contribution in [0.2, 0.25) is 0 Å². The van der Waals surface area contributed by atoms with E-state index in [1.807, 2.05) is 0 Å². The average molecular weight is 226 g/mol. The van der Waals surface area contributed by atoms with Crippen LogP contribution < -0.4 is 5.32 Å². The van der Waals surface area contributed by atoms with Gasteiger partial charge in [-0.15, -0.1) is 6.42 Å². The summed E-state index contributed by atoms with van der Waals surface area (Å²) in [6, 6.07) is 1.07. The van der Waals surface area contributed by atoms with Crippen LogP contribution in [0.25, 0.3) is 0 Å². The Morgan fingerprint density at radius 3 is 2.56 bits per heavy atom. The number of hydrogen-bond donors (Lipinski definition) is 1. The molecule has 0 saturated heterocycles. The standard InChI is InChI=1S/C13H26N2O/c1-6-8-14-11-13(4)15(9-10-16-5)12(3)7-2/h1,12-14H,7-11H2,2-5H3. The van der Waals surface area contributed by atoms with E-state index in [1.165, 1.54) is 0 Å². The van der Waals surface area contributed by atoms with Crippen molar-refractivity contribution in [3.8, 4) is 12.3 Å². The van der Waals surface area contributed by atoms with E-state index in [0.717, 1.165) is 26.1 Å². The van der Waals surface area contributed by atoms with E-state index in [0.29, 0.717) is 18.6 Å². The lowest BCUT2D eigenvalue weighted by Crippen LogP contribution is -2.46. The van der Waals surface area contributed by atoms with E-state index in [9.17, 15) is 0 Å². The van der Waals surface area contributed by atoms with Crippen LogP contribution in [-0.2, 0) is 4.74 Å². The van der Waals surface area contributed by atoms with Crippen molar-refractivity contribution in [1.29, 1.82) is 0 Å². The van der Waals surface area contributed by atoms with Crippen molar-refractivity contribution < 1.29 is 4.74 Å². The summed E-state index contributed by atoms with van der Waals surface area (Å²) in [6.45, 7) is 10.0. The van der Waals surface area contributed by atoms with Crippen LogP contribution in [0.5, 0.6) is 0 Å². The normalized spacial score (nSPS) is 14.8. The molecule has 0 amide bonds. The molecule has 1 N–H and O–H groups in total. The molecule has 0 aromatic rings. The van der Waals surface area contributed by atoms with Gasteiger partial charge in [0.1, 0.15) is 0 Å². The molecular weight excluding hydrogens is 200 g/mol. The van der Waals surface area contributed by atoms with E-state index in [2.05, 4.69) is 36.9 Å². The van der Waals surface area contributed by atoms with Crippen LogP contribution in [0, 0.1) is 12.3 Å². The molecule has 0 radical (unpaired) electrons. The Morgan fingerprint density at radius 2 is 2.06 bits per heavy atom. The molecule has 0 saturated carbocycles. The van der Waals surface area contributed by atoms with Gasteiger partial charge >= 0.3 is 0 Å². The van der Waals surface area contributed by atoms with Crippen molar-refractivity contribution in [2.45, 2.75) is 39.3 Å². The van der Waals surface area contributed by atoms with Gasteiger partial charge in [-0.2, -0.15) is 0 Å². The van der Waals surface area contributed by atoms with Crippen molar-refractivity contribution in [2.75, 3.05) is 33.4 Å². The highest BCUT2D eigenvalue weighted by molar-refractivity contribution is 4.87. The summed E-state index contributed by atoms with van der Waals surface area (Å²) in [6.07, 6.45) is 6.37. The minimum Gasteiger partial charge on any atom is -0.383 e. The molecule has 94 valence electrons. The number of ether oxygens (including phenoxy) is 1. The third-order valence-electron chi connectivity index (χ3n) is 2.94. The number of nitrogens with one attached hydrogen (secondary N) is 1. The second-order valence-electron chi connectivity index (χ2n) is 4.17. The number of nitrogens with zero attached hydrogens (tertiary/aromatic N) is 1. The molecule has 0 aliphatic heterocycles. The van der Waals surface area contributed by atoms with E-state index < -0.39 is 0 Å². The monoisotopic (exact) mass is 226 g/mol. The largest absolute Gasteiger partial charge is 0.383 e. The molecule has 0 bridgehead atoms. The van der Waals surface area contributed by atoms with Gasteiger partial charge in [0.15, 0.2) is 0 Å². The fraction of sp³-hybridized carbons (Fsp3) is 0.846. The summed E-state index contributed by atoms with van der Waals surface area (Å²) in [5.41, 5.74) is 0. The summed E-state index contributed by atoms with van der Waals surface area (Å²) in [5.74, 6) is 2.59. The maximum absolute atomic E-state index is 5.21. The summed E-state index contributed by atoms with van der Waals surface area (Å²) < 4.78 is 5.15. The highest BCUT2D eigenvalue weighted by Crippen LogP contribution is 2.08. The van der Waals surface area contributed by atoms with Crippen molar-refractivity contribution in [2.24, 2.45) is 0 Å². The number of methoxy groups -OCH3 is 1. The molecule has 0 aromatic carbocycles. The molecule has 3 nitrogen and oxygen atoms in total. The first-order chi connectivity index (χ1) is 7.67. The summed E-state index contributed by atoms with van der Waals surface area (Å²) in [7, 11) is 1.75. The maximum Gasteiger partial charge on any atom is 0.0589 e. The predicted molar refractivity (Wildman–Crippen MR) is 69.5 cm³/mol. The first-order valence-corrected chi connectivity index (χ1v) is 6.06. The molecule has 16 heavy (non-hydrogen) atoms. The molecule has 0 aliphatic carbocycles. The molecule has 2 atom stereocenters. The van der Waals surface area contributed by atoms with Crippen LogP contribution in [0.4, 0.5) is 0 Å². The zero-order valence-electron chi connectivity index (χ0n) is 11.1. The van der Waals surface area contributed by atoms with E-state index in [-0.39, 0.29) is 0 Å². The third kappa shape index (κ3) is 6.12. The Hall–Kier alpha value is -0.560. The average Bonchev–Trinajstić information content (AvgIpc) is 2.29. The first-order valence-electron chi connectivity index (χ1n) is 6.06. The molecule has 3 heteroatoms. The summed E-state index contributed by atoms with van der Waals surface area (Å²) in [4.78, 5) is 2.47. The molecule has 0 heterocycles. The van der Waals surface area contributed by atoms with Gasteiger partial charge in [-0.25, -0.2) is 0 Å². The lowest BCUT2D eigenvalue weighted by molar-refractivity contribution is 0.0939. The zero-order chi connectivity index (χ0) is 12.4. The summed E-state index contributed by atoms with van der Waals surface area (Å²) in [5, 5.41) is 3.25. The molecule has 0 rings (SSSR count). The van der Waals surface area contributed by atoms with Crippen molar-refractivity contribution in [3.63, 3.8) is 0 Å². The van der Waals surface area contributed by atoms with Crippen molar-refractivity contribution in [3.05, 3.63) is 0 Å². The fourth-order valence-corrected chi connectivity index (χ4v) is 1.78. The fourth-order valence-electron chi connectivity index (χ4n) is 1.78. The number of terminal acetylenes is 1. The van der Waals surface area contributed by atoms with E-state index >= 15 is 0 Å². The molecule has 0 fully saturated rings. The summed E-state index contributed by atoms with van der Waals surface area (Å²) >= 11 is 0. The Balaban J connectivity index is 4.09. The van der Waals surface area contributed by atoms with Gasteiger partial charge in [0.25, 0.3) is 0 Å². The van der Waals surface area contributed by atoms with E-state index in [1.54, 1.807) is 7.11 Å². The topological polar surface area (TPSA) is 24.5 Å². The van der Waals surface area contributed by atoms with Gasteiger partial charge < -0.3 is 10.1 Å². The third-order valence-corrected chi connectivity index (χ3v) is 2.94. The molecular formula is C13H26N2O. The highest BCUT2D eigenvalue weighted by Gasteiger charge is 2.17. The van der Waals surface area contributed by atoms with Gasteiger partial charge in [-0.3, -0.25) is 4.90 Å². The van der Waals surface area contributed by atoms with Gasteiger partial charge in [0.05, 0.1) is 13.2 Å². The van der Waals surface area contributed by atoms with Crippen LogP contribution in [-0.4, -0.2) is 50.3 Å². The van der Waals surface area contributed by atoms with Crippen molar-refractivity contribution in [1.82, 2.24) is 10.2 Å². The Labute approximate surface area is 101 Å². The molecule has 0 aromatic heterocycles. The van der Waals surface area contributed by atoms with Crippen LogP contribution in [0.15, 0.2) is 0 Å². The van der Waals surface area contributed by atoms with E-state index in [4.69, 9.17) is 11.2 Å². The maximum atomic E-state index is 5.21. The Morgan fingerprint density at radius 1 is 1.38 bits per heavy atom. The zero-order valence-corrected chi connectivity index (χ0v) is 11.1. The SMILES string of the molecule is C#CCNCC(C)N(CCOC)C(C)CC. The highest BCUT2D eigenvalue weighted by atomic mass is 16.5. The molecule has 0 spiro atoms. The van der Waals surface area contributed by atoms with Crippen LogP contribution in [0.1, 0.15) is 27.2 Å². The van der Waals surface area contributed by atoms with Crippen molar-refractivity contribution >= 4 is 0 Å². The minimum atomic E-state index is 0.485. The minimum absolute atomic E-state index is 0.485. The lowest BCUT2D eigenvalue weighted by atomic mass is 10.1. The smallest absolute Gasteiger partial charge is 0.0589 e. The lowest BCUT2D eigenvalue weighted by Gasteiger charge is -2.34. The van der Waals surface area contributed by atoms with Crippen LogP contribution >= 0.6 is 0 Å². The van der Waals surface area contributed by atoms with Gasteiger partial charge in [0.2, 0.25) is 0 Å². The number of hydrogen-bond acceptors (Lipinski definition) is 3. The number of rotatable bonds is 9. The Kier molecular flexibility index (Phi) is 9.31. The predicted octanol–water partition coefficient (Wildman–Crippen LogP) is 1.34. The van der Waals surface area contributed by atoms with Gasteiger partial charge in [-0.05, 0) is 20.3 Å². The first kappa shape index (κ1) is 15.4. The quantitative estimate of drug-likeness (QED) is 0.474. The van der Waals surface area contributed by atoms with Gasteiger partial charge in [-0.1, -0.05) is 12.8 Å². The second kappa shape index (κ2) is 9.65. The molecule has 0 aliphatic rings. The van der Waals surface area contributed by atoms with Gasteiger partial charge in [0, 0.05) is 32.3 Å². The van der Waals surface area contributed by atoms with Crippen LogP contribution in [0.3, 0.4) is 0 Å².